The molecule has 1 saturated heterocycles. The largest absolute Gasteiger partial charge is 0.494 e. The number of aromatic nitrogens is 1. The number of piperidine rings is 1. The van der Waals surface area contributed by atoms with Crippen LogP contribution in [0, 0.1) is 5.92 Å². The van der Waals surface area contributed by atoms with Gasteiger partial charge in [-0.25, -0.2) is 4.98 Å². The van der Waals surface area contributed by atoms with Crippen molar-refractivity contribution in [1.82, 2.24) is 9.88 Å². The number of unbranched alkanes of at least 4 members (excludes halogenated alkanes) is 1. The van der Waals surface area contributed by atoms with E-state index in [1.54, 1.807) is 6.20 Å². The maximum absolute atomic E-state index is 12.7. The Kier molecular flexibility index (Phi) is 6.81. The summed E-state index contributed by atoms with van der Waals surface area (Å²) in [7, 11) is 0. The number of carbonyl (C=O) groups is 2. The third kappa shape index (κ3) is 5.29. The van der Waals surface area contributed by atoms with Gasteiger partial charge in [-0.2, -0.15) is 0 Å². The molecule has 0 radical (unpaired) electrons. The zero-order valence-electron chi connectivity index (χ0n) is 15.5. The molecule has 2 amide bonds. The molecule has 2 aromatic rings. The third-order valence-electron chi connectivity index (χ3n) is 4.68. The van der Waals surface area contributed by atoms with Crippen molar-refractivity contribution in [2.75, 3.05) is 25.0 Å². The van der Waals surface area contributed by atoms with Crippen LogP contribution in [-0.4, -0.2) is 41.4 Å². The summed E-state index contributed by atoms with van der Waals surface area (Å²) in [5, 5.41) is 5.30. The predicted molar refractivity (Wildman–Crippen MR) is 106 cm³/mol. The number of amides is 2. The second kappa shape index (κ2) is 9.50. The summed E-state index contributed by atoms with van der Waals surface area (Å²) in [5.74, 6) is 0.712. The van der Waals surface area contributed by atoms with Crippen molar-refractivity contribution in [3.63, 3.8) is 0 Å². The average molecular weight is 388 g/mol. The predicted octanol–water partition coefficient (Wildman–Crippen LogP) is 3.81. The number of benzene rings is 1. The molecule has 1 aliphatic heterocycles. The Morgan fingerprint density at radius 2 is 2.00 bits per heavy atom. The van der Waals surface area contributed by atoms with Crippen LogP contribution < -0.4 is 10.1 Å². The van der Waals surface area contributed by atoms with Crippen molar-refractivity contribution < 1.29 is 14.3 Å². The molecule has 3 rings (SSSR count). The first-order valence-corrected chi connectivity index (χ1v) is 10.3. The molecule has 2 heterocycles. The number of hydrogen-bond acceptors (Lipinski definition) is 5. The van der Waals surface area contributed by atoms with Gasteiger partial charge in [-0.1, -0.05) is 13.3 Å². The van der Waals surface area contributed by atoms with Gasteiger partial charge in [0, 0.05) is 36.1 Å². The molecule has 1 fully saturated rings. The zero-order chi connectivity index (χ0) is 19.1. The Hall–Kier alpha value is -2.41. The summed E-state index contributed by atoms with van der Waals surface area (Å²) in [6, 6.07) is 7.31. The molecular weight excluding hydrogens is 362 g/mol. The lowest BCUT2D eigenvalue weighted by atomic mass is 9.95. The minimum atomic E-state index is -0.0766. The number of ether oxygens (including phenoxy) is 1. The molecule has 0 bridgehead atoms. The number of anilines is 1. The van der Waals surface area contributed by atoms with Gasteiger partial charge in [0.2, 0.25) is 5.91 Å². The fourth-order valence-electron chi connectivity index (χ4n) is 3.05. The molecule has 0 unspecified atom stereocenters. The Labute approximate surface area is 163 Å². The van der Waals surface area contributed by atoms with Gasteiger partial charge in [-0.05, 0) is 43.5 Å². The number of nitrogens with zero attached hydrogens (tertiary/aromatic N) is 2. The normalized spacial score (nSPS) is 14.8. The van der Waals surface area contributed by atoms with Gasteiger partial charge < -0.3 is 15.0 Å². The van der Waals surface area contributed by atoms with Gasteiger partial charge in [0.1, 0.15) is 5.75 Å². The Balaban J connectivity index is 1.48. The highest BCUT2D eigenvalue weighted by atomic mass is 32.1. The number of hydrogen-bond donors (Lipinski definition) is 1. The molecule has 7 heteroatoms. The van der Waals surface area contributed by atoms with Crippen LogP contribution in [0.25, 0.3) is 0 Å². The van der Waals surface area contributed by atoms with Crippen molar-refractivity contribution >= 4 is 28.3 Å². The summed E-state index contributed by atoms with van der Waals surface area (Å²) in [5.41, 5.74) is 0.656. The zero-order valence-corrected chi connectivity index (χ0v) is 16.3. The van der Waals surface area contributed by atoms with Crippen LogP contribution in [0.3, 0.4) is 0 Å². The smallest absolute Gasteiger partial charge is 0.253 e. The number of likely N-dealkylation sites (tertiary alicyclic amines) is 1. The van der Waals surface area contributed by atoms with E-state index < -0.39 is 0 Å². The molecule has 0 atom stereocenters. The van der Waals surface area contributed by atoms with E-state index in [0.29, 0.717) is 43.2 Å². The van der Waals surface area contributed by atoms with E-state index in [1.807, 2.05) is 34.5 Å². The summed E-state index contributed by atoms with van der Waals surface area (Å²) in [6.07, 6.45) is 5.12. The van der Waals surface area contributed by atoms with Crippen molar-refractivity contribution in [1.29, 1.82) is 0 Å². The summed E-state index contributed by atoms with van der Waals surface area (Å²) >= 11 is 1.41. The lowest BCUT2D eigenvalue weighted by Crippen LogP contribution is -2.41. The Morgan fingerprint density at radius 1 is 1.26 bits per heavy atom. The van der Waals surface area contributed by atoms with E-state index in [2.05, 4.69) is 17.2 Å². The molecule has 1 aromatic carbocycles. The topological polar surface area (TPSA) is 71.5 Å². The van der Waals surface area contributed by atoms with E-state index >= 15 is 0 Å². The van der Waals surface area contributed by atoms with Gasteiger partial charge in [-0.3, -0.25) is 9.59 Å². The Morgan fingerprint density at radius 3 is 2.63 bits per heavy atom. The second-order valence-corrected chi connectivity index (χ2v) is 7.51. The molecular formula is C20H25N3O3S. The van der Waals surface area contributed by atoms with Gasteiger partial charge in [0.05, 0.1) is 6.61 Å². The fourth-order valence-corrected chi connectivity index (χ4v) is 3.58. The highest BCUT2D eigenvalue weighted by Crippen LogP contribution is 2.22. The molecule has 144 valence electrons. The first kappa shape index (κ1) is 19.4. The maximum Gasteiger partial charge on any atom is 0.253 e. The van der Waals surface area contributed by atoms with E-state index in [9.17, 15) is 9.59 Å². The van der Waals surface area contributed by atoms with Crippen molar-refractivity contribution in [3.8, 4) is 5.75 Å². The van der Waals surface area contributed by atoms with Gasteiger partial charge >= 0.3 is 0 Å². The number of rotatable bonds is 7. The highest BCUT2D eigenvalue weighted by Gasteiger charge is 2.28. The van der Waals surface area contributed by atoms with Crippen LogP contribution in [0.5, 0.6) is 5.75 Å². The highest BCUT2D eigenvalue weighted by molar-refractivity contribution is 7.13. The lowest BCUT2D eigenvalue weighted by Gasteiger charge is -2.31. The minimum Gasteiger partial charge on any atom is -0.494 e. The van der Waals surface area contributed by atoms with Crippen LogP contribution in [0.1, 0.15) is 43.0 Å². The van der Waals surface area contributed by atoms with Gasteiger partial charge in [-0.15, -0.1) is 11.3 Å². The molecule has 27 heavy (non-hydrogen) atoms. The first-order valence-electron chi connectivity index (χ1n) is 9.40. The average Bonchev–Trinajstić information content (AvgIpc) is 3.21. The first-order chi connectivity index (χ1) is 13.2. The van der Waals surface area contributed by atoms with Crippen LogP contribution in [0.2, 0.25) is 0 Å². The van der Waals surface area contributed by atoms with Crippen molar-refractivity contribution in [3.05, 3.63) is 41.4 Å². The van der Waals surface area contributed by atoms with E-state index in [4.69, 9.17) is 4.74 Å². The third-order valence-corrected chi connectivity index (χ3v) is 5.37. The fraction of sp³-hybridized carbons (Fsp3) is 0.450. The summed E-state index contributed by atoms with van der Waals surface area (Å²) < 4.78 is 5.64. The summed E-state index contributed by atoms with van der Waals surface area (Å²) in [6.45, 7) is 3.99. The van der Waals surface area contributed by atoms with Crippen LogP contribution >= 0.6 is 11.3 Å². The standard InChI is InChI=1S/C20H25N3O3S/c1-2-3-13-26-17-6-4-16(5-7-17)19(25)23-11-8-15(9-12-23)18(24)22-20-21-10-14-27-20/h4-7,10,14-15H,2-3,8-9,11-13H2,1H3,(H,21,22,24). The maximum atomic E-state index is 12.7. The molecule has 0 saturated carbocycles. The van der Waals surface area contributed by atoms with E-state index in [0.717, 1.165) is 18.6 Å². The molecule has 6 nitrogen and oxygen atoms in total. The molecule has 0 aliphatic carbocycles. The van der Waals surface area contributed by atoms with Gasteiger partial charge in [0.25, 0.3) is 5.91 Å². The van der Waals surface area contributed by atoms with Crippen LogP contribution in [0.4, 0.5) is 5.13 Å². The molecule has 1 aliphatic rings. The van der Waals surface area contributed by atoms with Gasteiger partial charge in [0.15, 0.2) is 5.13 Å². The van der Waals surface area contributed by atoms with Crippen LogP contribution in [-0.2, 0) is 4.79 Å². The summed E-state index contributed by atoms with van der Waals surface area (Å²) in [4.78, 5) is 30.9. The van der Waals surface area contributed by atoms with E-state index in [1.165, 1.54) is 11.3 Å². The number of thiazole rings is 1. The number of nitrogens with one attached hydrogen (secondary N) is 1. The second-order valence-electron chi connectivity index (χ2n) is 6.62. The lowest BCUT2D eigenvalue weighted by molar-refractivity contribution is -0.121. The van der Waals surface area contributed by atoms with Crippen molar-refractivity contribution in [2.45, 2.75) is 32.6 Å². The quantitative estimate of drug-likeness (QED) is 0.733. The van der Waals surface area contributed by atoms with E-state index in [-0.39, 0.29) is 17.7 Å². The monoisotopic (exact) mass is 387 g/mol. The number of carbonyl (C=O) groups excluding carboxylic acids is 2. The minimum absolute atomic E-state index is 0.00823. The molecule has 0 spiro atoms. The molecule has 1 N–H and O–H groups in total. The SMILES string of the molecule is CCCCOc1ccc(C(=O)N2CCC(C(=O)Nc3nccs3)CC2)cc1. The van der Waals surface area contributed by atoms with Crippen molar-refractivity contribution in [2.24, 2.45) is 5.92 Å². The van der Waals surface area contributed by atoms with Crippen LogP contribution in [0.15, 0.2) is 35.8 Å². The molecule has 1 aromatic heterocycles. The Bertz CT molecular complexity index is 738.